The first-order valence-corrected chi connectivity index (χ1v) is 17.3. The van der Waals surface area contributed by atoms with Gasteiger partial charge in [0.15, 0.2) is 0 Å². The molecule has 0 bridgehead atoms. The lowest BCUT2D eigenvalue weighted by atomic mass is 9.51. The van der Waals surface area contributed by atoms with Gasteiger partial charge in [-0.05, 0) is 128 Å². The molecular weight excluding hydrogens is 574 g/mol. The lowest BCUT2D eigenvalue weighted by Crippen LogP contribution is -2.61. The number of hydrogen-bond acceptors (Lipinski definition) is 6. The van der Waals surface area contributed by atoms with Crippen molar-refractivity contribution in [3.63, 3.8) is 0 Å². The Bertz CT molecular complexity index is 1260. The molecule has 46 heavy (non-hydrogen) atoms. The minimum absolute atomic E-state index is 0.000114. The van der Waals surface area contributed by atoms with Crippen molar-refractivity contribution in [2.24, 2.45) is 17.3 Å². The van der Waals surface area contributed by atoms with E-state index in [1.807, 2.05) is 50.4 Å². The number of nitrogens with one attached hydrogen (secondary N) is 1. The van der Waals surface area contributed by atoms with E-state index < -0.39 is 23.2 Å². The number of rotatable bonds is 17. The van der Waals surface area contributed by atoms with Crippen LogP contribution in [0.4, 0.5) is 0 Å². The Morgan fingerprint density at radius 1 is 1.17 bits per heavy atom. The maximum absolute atomic E-state index is 12.6. The summed E-state index contributed by atoms with van der Waals surface area (Å²) >= 11 is 0. The second kappa shape index (κ2) is 18.1. The second-order valence-corrected chi connectivity index (χ2v) is 13.8. The summed E-state index contributed by atoms with van der Waals surface area (Å²) in [6.45, 7) is 10.8. The first kappa shape index (κ1) is 37.8. The minimum Gasteiger partial charge on any atom is -0.396 e. The van der Waals surface area contributed by atoms with E-state index in [4.69, 9.17) is 0 Å². The van der Waals surface area contributed by atoms with Gasteiger partial charge in [0, 0.05) is 17.9 Å². The van der Waals surface area contributed by atoms with Crippen LogP contribution in [0.2, 0.25) is 0 Å². The minimum atomic E-state index is -1.17. The average Bonchev–Trinajstić information content (AvgIpc) is 3.38. The van der Waals surface area contributed by atoms with E-state index in [0.29, 0.717) is 69.9 Å². The molecule has 1 aromatic carbocycles. The zero-order valence-corrected chi connectivity index (χ0v) is 28.7. The normalized spacial score (nSPS) is 28.4. The molecule has 6 nitrogen and oxygen atoms in total. The van der Waals surface area contributed by atoms with Crippen molar-refractivity contribution in [3.8, 4) is 0 Å². The Balaban J connectivity index is 2.05. The number of hydrogen-bond donors (Lipinski definition) is 5. The summed E-state index contributed by atoms with van der Waals surface area (Å²) in [5.74, 6) is -0.628. The maximum atomic E-state index is 12.6. The number of aliphatic hydroxyl groups excluding tert-OH is 3. The van der Waals surface area contributed by atoms with E-state index in [1.165, 1.54) is 5.57 Å². The molecule has 0 unspecified atom stereocenters. The van der Waals surface area contributed by atoms with Gasteiger partial charge >= 0.3 is 0 Å². The van der Waals surface area contributed by atoms with Crippen molar-refractivity contribution < 1.29 is 25.2 Å². The zero-order valence-electron chi connectivity index (χ0n) is 28.7. The monoisotopic (exact) mass is 633 g/mol. The molecular formula is C40H59NO5. The summed E-state index contributed by atoms with van der Waals surface area (Å²) in [6, 6.07) is 10.1. The van der Waals surface area contributed by atoms with Crippen molar-refractivity contribution >= 4 is 6.29 Å². The van der Waals surface area contributed by atoms with Gasteiger partial charge in [-0.2, -0.15) is 0 Å². The van der Waals surface area contributed by atoms with E-state index in [9.17, 15) is 25.2 Å². The number of aryl methyl sites for hydroxylation is 1. The molecule has 0 radical (unpaired) electrons. The quantitative estimate of drug-likeness (QED) is 0.0575. The van der Waals surface area contributed by atoms with Crippen molar-refractivity contribution in [3.05, 3.63) is 94.6 Å². The van der Waals surface area contributed by atoms with Crippen LogP contribution in [0.1, 0.15) is 90.5 Å². The lowest BCUT2D eigenvalue weighted by molar-refractivity contribution is -0.181. The van der Waals surface area contributed by atoms with Crippen LogP contribution in [-0.2, 0) is 11.2 Å². The van der Waals surface area contributed by atoms with Gasteiger partial charge in [0.2, 0.25) is 0 Å². The molecule has 6 heteroatoms. The van der Waals surface area contributed by atoms with Crippen molar-refractivity contribution in [2.45, 2.75) is 109 Å². The summed E-state index contributed by atoms with van der Waals surface area (Å²) in [5, 5.41) is 49.9. The molecule has 0 heterocycles. The standard InChI is InChI=1S/C40H59NO5/c1-29(2)12-9-13-30(3)14-10-17-34(37(44)20-19-32-15-7-6-8-16-32)35-22-24-40(38(35)45)36(18-11-27-42)33(31(4)28-43)21-23-39(40,46)25-26-41-5/h6-8,10,12,14-17,28,35-38,41-42,44-46H,3,9,11,13,18-27H2,1-2,4-5H3/b14-10+,33-31-,34-17+/t35-,36-,37+,38+,39-,40+/m0/s1. The van der Waals surface area contributed by atoms with Crippen molar-refractivity contribution in [1.82, 2.24) is 5.32 Å². The van der Waals surface area contributed by atoms with Gasteiger partial charge in [-0.25, -0.2) is 0 Å². The van der Waals surface area contributed by atoms with E-state index in [2.05, 4.69) is 44.0 Å². The third-order valence-electron chi connectivity index (χ3n) is 10.6. The fraction of sp³-hybridized carbons (Fsp3) is 0.575. The van der Waals surface area contributed by atoms with Gasteiger partial charge < -0.3 is 25.7 Å². The summed E-state index contributed by atoms with van der Waals surface area (Å²) in [7, 11) is 1.86. The Labute approximate surface area is 277 Å². The number of carbonyl (C=O) groups excluding carboxylic acids is 1. The number of allylic oxidation sites excluding steroid dienone is 8. The first-order chi connectivity index (χ1) is 22.0. The summed E-state index contributed by atoms with van der Waals surface area (Å²) in [5.41, 5.74) is 3.73. The van der Waals surface area contributed by atoms with Crippen LogP contribution in [-0.4, -0.2) is 64.7 Å². The molecule has 5 N–H and O–H groups in total. The zero-order chi connectivity index (χ0) is 33.7. The maximum Gasteiger partial charge on any atom is 0.145 e. The van der Waals surface area contributed by atoms with Crippen LogP contribution in [0.3, 0.4) is 0 Å². The molecule has 1 spiro atoms. The second-order valence-electron chi connectivity index (χ2n) is 13.8. The number of benzene rings is 1. The van der Waals surface area contributed by atoms with E-state index in [-0.39, 0.29) is 18.4 Å². The molecule has 0 amide bonds. The SMILES string of the molecule is C=C(/C=C/C=C(/[C@H](O)CCc1ccccc1)[C@@H]1CC[C@]2([C@@H]1O)[C@@H](CCCO)/C(=C(/C)C=O)CC[C@]2(O)CCNC)CCC=C(C)C. The number of aldehydes is 1. The first-order valence-electron chi connectivity index (χ1n) is 17.3. The van der Waals surface area contributed by atoms with Gasteiger partial charge in [0.05, 0.1) is 17.8 Å². The van der Waals surface area contributed by atoms with E-state index in [0.717, 1.165) is 41.4 Å². The van der Waals surface area contributed by atoms with Crippen LogP contribution in [0.5, 0.6) is 0 Å². The van der Waals surface area contributed by atoms with Crippen molar-refractivity contribution in [1.29, 1.82) is 0 Å². The third-order valence-corrected chi connectivity index (χ3v) is 10.6. The van der Waals surface area contributed by atoms with Gasteiger partial charge in [-0.15, -0.1) is 0 Å². The summed E-state index contributed by atoms with van der Waals surface area (Å²) in [4.78, 5) is 12.1. The van der Waals surface area contributed by atoms with Gasteiger partial charge in [0.1, 0.15) is 6.29 Å². The van der Waals surface area contributed by atoms with Crippen LogP contribution in [0.15, 0.2) is 89.1 Å². The summed E-state index contributed by atoms with van der Waals surface area (Å²) < 4.78 is 0. The van der Waals surface area contributed by atoms with E-state index >= 15 is 0 Å². The molecule has 254 valence electrons. The topological polar surface area (TPSA) is 110 Å². The largest absolute Gasteiger partial charge is 0.396 e. The molecule has 2 aliphatic rings. The Morgan fingerprint density at radius 2 is 1.91 bits per heavy atom. The molecule has 2 saturated carbocycles. The summed E-state index contributed by atoms with van der Waals surface area (Å²) in [6.07, 6.45) is 14.0. The molecule has 0 aromatic heterocycles. The van der Waals surface area contributed by atoms with Crippen LogP contribution in [0.25, 0.3) is 0 Å². The molecule has 0 saturated heterocycles. The highest BCUT2D eigenvalue weighted by Gasteiger charge is 2.65. The number of carbonyl (C=O) groups is 1. The highest BCUT2D eigenvalue weighted by atomic mass is 16.3. The fourth-order valence-electron chi connectivity index (χ4n) is 8.17. The predicted molar refractivity (Wildman–Crippen MR) is 188 cm³/mol. The highest BCUT2D eigenvalue weighted by Crippen LogP contribution is 2.64. The molecule has 6 atom stereocenters. The molecule has 2 aliphatic carbocycles. The predicted octanol–water partition coefficient (Wildman–Crippen LogP) is 6.56. The van der Waals surface area contributed by atoms with Gasteiger partial charge in [0.25, 0.3) is 0 Å². The Kier molecular flexibility index (Phi) is 14.9. The van der Waals surface area contributed by atoms with Crippen LogP contribution < -0.4 is 5.32 Å². The molecule has 2 fully saturated rings. The van der Waals surface area contributed by atoms with Crippen LogP contribution >= 0.6 is 0 Å². The van der Waals surface area contributed by atoms with E-state index in [1.54, 1.807) is 0 Å². The Hall–Kier alpha value is -2.61. The molecule has 3 rings (SSSR count). The van der Waals surface area contributed by atoms with Gasteiger partial charge in [-0.1, -0.05) is 77.9 Å². The average molecular weight is 634 g/mol. The molecule has 1 aromatic rings. The smallest absolute Gasteiger partial charge is 0.145 e. The van der Waals surface area contributed by atoms with Crippen LogP contribution in [0, 0.1) is 17.3 Å². The lowest BCUT2D eigenvalue weighted by Gasteiger charge is -2.57. The number of aliphatic hydroxyl groups is 4. The fourth-order valence-corrected chi connectivity index (χ4v) is 8.17. The molecule has 0 aliphatic heterocycles. The third kappa shape index (κ3) is 9.05. The Morgan fingerprint density at radius 3 is 2.57 bits per heavy atom. The van der Waals surface area contributed by atoms with Crippen molar-refractivity contribution in [2.75, 3.05) is 20.2 Å². The highest BCUT2D eigenvalue weighted by molar-refractivity contribution is 5.74. The van der Waals surface area contributed by atoms with Gasteiger partial charge in [-0.3, -0.25) is 4.79 Å².